The SMILES string of the molecule is CCNc1ncnc2sc3c(c12)CCN(CC1CCCCC1)C3. The zero-order valence-electron chi connectivity index (χ0n) is 14.0. The number of anilines is 1. The van der Waals surface area contributed by atoms with Gasteiger partial charge in [0.25, 0.3) is 0 Å². The Bertz CT molecular complexity index is 675. The summed E-state index contributed by atoms with van der Waals surface area (Å²) < 4.78 is 0. The Balaban J connectivity index is 1.55. The molecule has 1 saturated carbocycles. The lowest BCUT2D eigenvalue weighted by Crippen LogP contribution is -2.34. The van der Waals surface area contributed by atoms with E-state index in [9.17, 15) is 0 Å². The molecular weight excluding hydrogens is 304 g/mol. The molecule has 0 unspecified atom stereocenters. The van der Waals surface area contributed by atoms with Crippen molar-refractivity contribution in [2.45, 2.75) is 52.0 Å². The first kappa shape index (κ1) is 15.3. The third kappa shape index (κ3) is 3.09. The fourth-order valence-electron chi connectivity index (χ4n) is 4.17. The molecule has 2 aromatic rings. The Labute approximate surface area is 142 Å². The number of thiophene rings is 1. The topological polar surface area (TPSA) is 41.1 Å². The third-order valence-electron chi connectivity index (χ3n) is 5.30. The van der Waals surface area contributed by atoms with Crippen LogP contribution in [0.3, 0.4) is 0 Å². The maximum atomic E-state index is 4.52. The molecule has 0 spiro atoms. The van der Waals surface area contributed by atoms with Crippen molar-refractivity contribution >= 4 is 27.4 Å². The van der Waals surface area contributed by atoms with E-state index in [1.54, 1.807) is 6.33 Å². The van der Waals surface area contributed by atoms with Gasteiger partial charge in [-0.05, 0) is 37.7 Å². The standard InChI is InChI=1S/C18H26N4S/c1-2-19-17-16-14-8-9-22(10-13-6-4-3-5-7-13)11-15(14)23-18(16)21-12-20-17/h12-13H,2-11H2,1H3,(H,19,20,21). The molecule has 2 aliphatic rings. The van der Waals surface area contributed by atoms with Gasteiger partial charge in [0, 0.05) is 31.1 Å². The summed E-state index contributed by atoms with van der Waals surface area (Å²) >= 11 is 1.87. The summed E-state index contributed by atoms with van der Waals surface area (Å²) in [5.74, 6) is 1.95. The van der Waals surface area contributed by atoms with Crippen LogP contribution in [0.25, 0.3) is 10.2 Å². The first-order chi connectivity index (χ1) is 11.3. The van der Waals surface area contributed by atoms with E-state index in [4.69, 9.17) is 0 Å². The molecule has 0 atom stereocenters. The molecule has 0 saturated heterocycles. The van der Waals surface area contributed by atoms with Crippen LogP contribution in [0.5, 0.6) is 0 Å². The second-order valence-corrected chi connectivity index (χ2v) is 8.01. The normalized spacial score (nSPS) is 19.9. The Hall–Kier alpha value is -1.20. The quantitative estimate of drug-likeness (QED) is 0.918. The molecule has 1 aliphatic carbocycles. The van der Waals surface area contributed by atoms with Crippen LogP contribution in [0.15, 0.2) is 6.33 Å². The second kappa shape index (κ2) is 6.73. The molecule has 3 heterocycles. The van der Waals surface area contributed by atoms with Crippen molar-refractivity contribution in [3.63, 3.8) is 0 Å². The van der Waals surface area contributed by atoms with E-state index in [0.29, 0.717) is 0 Å². The van der Waals surface area contributed by atoms with Crippen LogP contribution in [0.4, 0.5) is 5.82 Å². The van der Waals surface area contributed by atoms with Crippen molar-refractivity contribution in [1.29, 1.82) is 0 Å². The Morgan fingerprint density at radius 1 is 1.26 bits per heavy atom. The molecule has 0 bridgehead atoms. The number of nitrogens with zero attached hydrogens (tertiary/aromatic N) is 3. The first-order valence-corrected chi connectivity index (χ1v) is 9.88. The van der Waals surface area contributed by atoms with E-state index < -0.39 is 0 Å². The van der Waals surface area contributed by atoms with Gasteiger partial charge in [-0.25, -0.2) is 9.97 Å². The lowest BCUT2D eigenvalue weighted by Gasteiger charge is -2.32. The highest BCUT2D eigenvalue weighted by molar-refractivity contribution is 7.18. The Kier molecular flexibility index (Phi) is 4.49. The number of fused-ring (bicyclic) bond motifs is 3. The van der Waals surface area contributed by atoms with Gasteiger partial charge in [0.1, 0.15) is 17.0 Å². The number of hydrogen-bond acceptors (Lipinski definition) is 5. The van der Waals surface area contributed by atoms with Crippen LogP contribution in [-0.4, -0.2) is 34.5 Å². The largest absolute Gasteiger partial charge is 0.370 e. The molecule has 5 heteroatoms. The van der Waals surface area contributed by atoms with E-state index in [1.165, 1.54) is 61.0 Å². The minimum atomic E-state index is 0.907. The van der Waals surface area contributed by atoms with E-state index in [-0.39, 0.29) is 0 Å². The summed E-state index contributed by atoms with van der Waals surface area (Å²) in [6, 6.07) is 0. The maximum Gasteiger partial charge on any atom is 0.138 e. The molecule has 2 aromatic heterocycles. The number of rotatable bonds is 4. The predicted molar refractivity (Wildman–Crippen MR) is 97.1 cm³/mol. The van der Waals surface area contributed by atoms with E-state index in [0.717, 1.165) is 36.1 Å². The summed E-state index contributed by atoms with van der Waals surface area (Å²) in [6.07, 6.45) is 10.0. The zero-order valence-corrected chi connectivity index (χ0v) is 14.8. The highest BCUT2D eigenvalue weighted by Crippen LogP contribution is 2.37. The van der Waals surface area contributed by atoms with Crippen LogP contribution in [-0.2, 0) is 13.0 Å². The van der Waals surface area contributed by atoms with Gasteiger partial charge in [-0.3, -0.25) is 4.90 Å². The number of aromatic nitrogens is 2. The molecule has 0 amide bonds. The smallest absolute Gasteiger partial charge is 0.138 e. The third-order valence-corrected chi connectivity index (χ3v) is 6.43. The average molecular weight is 331 g/mol. The first-order valence-electron chi connectivity index (χ1n) is 9.06. The van der Waals surface area contributed by atoms with Gasteiger partial charge in [-0.15, -0.1) is 11.3 Å². The highest BCUT2D eigenvalue weighted by atomic mass is 32.1. The number of nitrogens with one attached hydrogen (secondary N) is 1. The van der Waals surface area contributed by atoms with E-state index in [2.05, 4.69) is 27.1 Å². The zero-order chi connectivity index (χ0) is 15.6. The predicted octanol–water partition coefficient (Wildman–Crippen LogP) is 4.06. The van der Waals surface area contributed by atoms with Crippen molar-refractivity contribution in [1.82, 2.24) is 14.9 Å². The van der Waals surface area contributed by atoms with Crippen molar-refractivity contribution in [2.24, 2.45) is 5.92 Å². The summed E-state index contributed by atoms with van der Waals surface area (Å²) in [5.41, 5.74) is 1.50. The minimum Gasteiger partial charge on any atom is -0.370 e. The summed E-state index contributed by atoms with van der Waals surface area (Å²) in [5, 5.41) is 4.69. The molecule has 124 valence electrons. The van der Waals surface area contributed by atoms with Gasteiger partial charge in [-0.2, -0.15) is 0 Å². The van der Waals surface area contributed by atoms with Crippen LogP contribution < -0.4 is 5.32 Å². The Morgan fingerprint density at radius 2 is 2.13 bits per heavy atom. The molecule has 1 N–H and O–H groups in total. The molecule has 4 rings (SSSR count). The van der Waals surface area contributed by atoms with Gasteiger partial charge in [-0.1, -0.05) is 19.3 Å². The van der Waals surface area contributed by atoms with Crippen molar-refractivity contribution < 1.29 is 0 Å². The van der Waals surface area contributed by atoms with Crippen LogP contribution in [0, 0.1) is 5.92 Å². The molecular formula is C18H26N4S. The van der Waals surface area contributed by atoms with Gasteiger partial charge in [0.15, 0.2) is 0 Å². The number of hydrogen-bond donors (Lipinski definition) is 1. The van der Waals surface area contributed by atoms with Gasteiger partial charge in [0.05, 0.1) is 5.39 Å². The van der Waals surface area contributed by atoms with E-state index >= 15 is 0 Å². The van der Waals surface area contributed by atoms with Crippen LogP contribution in [0.2, 0.25) is 0 Å². The van der Waals surface area contributed by atoms with Crippen molar-refractivity contribution in [3.8, 4) is 0 Å². The van der Waals surface area contributed by atoms with E-state index in [1.807, 2.05) is 11.3 Å². The second-order valence-electron chi connectivity index (χ2n) is 6.93. The molecule has 0 aromatic carbocycles. The van der Waals surface area contributed by atoms with Gasteiger partial charge in [0.2, 0.25) is 0 Å². The van der Waals surface area contributed by atoms with Crippen molar-refractivity contribution in [3.05, 3.63) is 16.8 Å². The van der Waals surface area contributed by atoms with Gasteiger partial charge < -0.3 is 5.32 Å². The fourth-order valence-corrected chi connectivity index (χ4v) is 5.40. The minimum absolute atomic E-state index is 0.907. The maximum absolute atomic E-state index is 4.52. The monoisotopic (exact) mass is 330 g/mol. The summed E-state index contributed by atoms with van der Waals surface area (Å²) in [6.45, 7) is 6.62. The highest BCUT2D eigenvalue weighted by Gasteiger charge is 2.25. The lowest BCUT2D eigenvalue weighted by molar-refractivity contribution is 0.189. The molecule has 1 aliphatic heterocycles. The van der Waals surface area contributed by atoms with Crippen LogP contribution >= 0.6 is 11.3 Å². The molecule has 4 nitrogen and oxygen atoms in total. The van der Waals surface area contributed by atoms with Gasteiger partial charge >= 0.3 is 0 Å². The molecule has 0 radical (unpaired) electrons. The fraction of sp³-hybridized carbons (Fsp3) is 0.667. The molecule has 1 fully saturated rings. The average Bonchev–Trinajstić information content (AvgIpc) is 2.94. The summed E-state index contributed by atoms with van der Waals surface area (Å²) in [7, 11) is 0. The van der Waals surface area contributed by atoms with Crippen molar-refractivity contribution in [2.75, 3.05) is 25.0 Å². The molecule has 23 heavy (non-hydrogen) atoms. The van der Waals surface area contributed by atoms with Crippen LogP contribution in [0.1, 0.15) is 49.5 Å². The Morgan fingerprint density at radius 3 is 2.96 bits per heavy atom. The summed E-state index contributed by atoms with van der Waals surface area (Å²) in [4.78, 5) is 14.3. The lowest BCUT2D eigenvalue weighted by atomic mass is 9.88.